The highest BCUT2D eigenvalue weighted by Crippen LogP contribution is 2.25. The largest absolute Gasteiger partial charge is 0.496 e. The highest BCUT2D eigenvalue weighted by molar-refractivity contribution is 5.95. The van der Waals surface area contributed by atoms with Gasteiger partial charge in [-0.2, -0.15) is 0 Å². The zero-order valence-electron chi connectivity index (χ0n) is 12.0. The standard InChI is InChI=1S/C16H19NO4/c1-21-14-7-5-13(9-12(14)6-8-15(18)19)16(20)17-10-11-3-2-4-11/h5-9,11H,2-4,10H2,1H3,(H,17,20)(H,18,19). The van der Waals surface area contributed by atoms with E-state index in [2.05, 4.69) is 5.32 Å². The number of carboxylic acid groups (broad SMARTS) is 1. The smallest absolute Gasteiger partial charge is 0.328 e. The molecule has 5 heteroatoms. The van der Waals surface area contributed by atoms with Gasteiger partial charge in [0.25, 0.3) is 5.91 Å². The number of aliphatic carboxylic acids is 1. The van der Waals surface area contributed by atoms with Gasteiger partial charge in [-0.15, -0.1) is 0 Å². The summed E-state index contributed by atoms with van der Waals surface area (Å²) in [5.74, 6) is -0.0620. The zero-order valence-corrected chi connectivity index (χ0v) is 12.0. The van der Waals surface area contributed by atoms with Gasteiger partial charge in [0.05, 0.1) is 7.11 Å². The number of hydrogen-bond donors (Lipinski definition) is 2. The number of carbonyl (C=O) groups is 2. The van der Waals surface area contributed by atoms with Gasteiger partial charge >= 0.3 is 5.97 Å². The van der Waals surface area contributed by atoms with Crippen molar-refractivity contribution in [2.45, 2.75) is 19.3 Å². The monoisotopic (exact) mass is 289 g/mol. The van der Waals surface area contributed by atoms with Gasteiger partial charge in [-0.25, -0.2) is 4.79 Å². The minimum absolute atomic E-state index is 0.144. The maximum Gasteiger partial charge on any atom is 0.328 e. The Kier molecular flexibility index (Phi) is 4.98. The Bertz CT molecular complexity index is 561. The molecule has 1 aliphatic rings. The van der Waals surface area contributed by atoms with Gasteiger partial charge in [-0.05, 0) is 43.0 Å². The van der Waals surface area contributed by atoms with E-state index in [0.29, 0.717) is 29.3 Å². The quantitative estimate of drug-likeness (QED) is 0.788. The van der Waals surface area contributed by atoms with Gasteiger partial charge in [-0.1, -0.05) is 6.42 Å². The Morgan fingerprint density at radius 2 is 2.19 bits per heavy atom. The fraction of sp³-hybridized carbons (Fsp3) is 0.375. The average Bonchev–Trinajstić information content (AvgIpc) is 2.42. The van der Waals surface area contributed by atoms with E-state index in [-0.39, 0.29) is 5.91 Å². The average molecular weight is 289 g/mol. The van der Waals surface area contributed by atoms with Crippen LogP contribution in [-0.4, -0.2) is 30.6 Å². The van der Waals surface area contributed by atoms with E-state index in [1.54, 1.807) is 18.2 Å². The number of nitrogens with one attached hydrogen (secondary N) is 1. The number of benzene rings is 1. The van der Waals surface area contributed by atoms with Crippen LogP contribution in [-0.2, 0) is 4.79 Å². The van der Waals surface area contributed by atoms with Crippen LogP contribution in [0.1, 0.15) is 35.2 Å². The summed E-state index contributed by atoms with van der Waals surface area (Å²) in [6.07, 6.45) is 6.04. The van der Waals surface area contributed by atoms with Crippen molar-refractivity contribution in [1.82, 2.24) is 5.32 Å². The Morgan fingerprint density at radius 1 is 1.43 bits per heavy atom. The van der Waals surface area contributed by atoms with Gasteiger partial charge in [0.2, 0.25) is 0 Å². The van der Waals surface area contributed by atoms with Crippen molar-refractivity contribution in [2.24, 2.45) is 5.92 Å². The van der Waals surface area contributed by atoms with Gasteiger partial charge in [0, 0.05) is 23.7 Å². The molecule has 1 aliphatic carbocycles. The van der Waals surface area contributed by atoms with E-state index in [1.807, 2.05) is 0 Å². The Labute approximate surface area is 123 Å². The van der Waals surface area contributed by atoms with Crippen LogP contribution in [0.5, 0.6) is 5.75 Å². The molecule has 0 heterocycles. The van der Waals surface area contributed by atoms with E-state index < -0.39 is 5.97 Å². The molecule has 0 unspecified atom stereocenters. The van der Waals surface area contributed by atoms with Crippen LogP contribution in [0.25, 0.3) is 6.08 Å². The molecule has 1 amide bonds. The molecular weight excluding hydrogens is 270 g/mol. The fourth-order valence-electron chi connectivity index (χ4n) is 2.20. The summed E-state index contributed by atoms with van der Waals surface area (Å²) in [6, 6.07) is 4.97. The lowest BCUT2D eigenvalue weighted by atomic mass is 9.85. The predicted molar refractivity (Wildman–Crippen MR) is 79.3 cm³/mol. The van der Waals surface area contributed by atoms with Crippen LogP contribution in [0.2, 0.25) is 0 Å². The molecule has 0 aromatic heterocycles. The summed E-state index contributed by atoms with van der Waals surface area (Å²) in [5.41, 5.74) is 1.07. The molecule has 0 radical (unpaired) electrons. The summed E-state index contributed by atoms with van der Waals surface area (Å²) in [6.45, 7) is 0.700. The van der Waals surface area contributed by atoms with E-state index >= 15 is 0 Å². The SMILES string of the molecule is COc1ccc(C(=O)NCC2CCC2)cc1C=CC(=O)O. The maximum absolute atomic E-state index is 12.1. The molecule has 21 heavy (non-hydrogen) atoms. The summed E-state index contributed by atoms with van der Waals surface area (Å²) < 4.78 is 5.16. The zero-order chi connectivity index (χ0) is 15.2. The topological polar surface area (TPSA) is 75.6 Å². The van der Waals surface area contributed by atoms with Crippen molar-refractivity contribution in [2.75, 3.05) is 13.7 Å². The van der Waals surface area contributed by atoms with E-state index in [9.17, 15) is 9.59 Å². The number of hydrogen-bond acceptors (Lipinski definition) is 3. The van der Waals surface area contributed by atoms with Crippen molar-refractivity contribution in [3.8, 4) is 5.75 Å². The normalized spacial score (nSPS) is 14.7. The number of carbonyl (C=O) groups excluding carboxylic acids is 1. The first-order chi connectivity index (χ1) is 10.1. The van der Waals surface area contributed by atoms with Crippen molar-refractivity contribution in [1.29, 1.82) is 0 Å². The minimum atomic E-state index is -1.04. The number of amides is 1. The molecular formula is C16H19NO4. The van der Waals surface area contributed by atoms with Crippen LogP contribution in [0.4, 0.5) is 0 Å². The first-order valence-electron chi connectivity index (χ1n) is 6.97. The minimum Gasteiger partial charge on any atom is -0.496 e. The van der Waals surface area contributed by atoms with Gasteiger partial charge in [-0.3, -0.25) is 4.79 Å². The lowest BCUT2D eigenvalue weighted by molar-refractivity contribution is -0.131. The fourth-order valence-corrected chi connectivity index (χ4v) is 2.20. The third-order valence-electron chi connectivity index (χ3n) is 3.67. The number of methoxy groups -OCH3 is 1. The van der Waals surface area contributed by atoms with Crippen LogP contribution in [0.15, 0.2) is 24.3 Å². The van der Waals surface area contributed by atoms with Crippen LogP contribution >= 0.6 is 0 Å². The Morgan fingerprint density at radius 3 is 2.76 bits per heavy atom. The third-order valence-corrected chi connectivity index (χ3v) is 3.67. The molecule has 1 aromatic rings. The van der Waals surface area contributed by atoms with Gasteiger partial charge in [0.1, 0.15) is 5.75 Å². The first kappa shape index (κ1) is 15.1. The maximum atomic E-state index is 12.1. The van der Waals surface area contributed by atoms with E-state index in [4.69, 9.17) is 9.84 Å². The molecule has 5 nitrogen and oxygen atoms in total. The van der Waals surface area contributed by atoms with Gasteiger partial charge in [0.15, 0.2) is 0 Å². The molecule has 1 saturated carbocycles. The molecule has 0 atom stereocenters. The lowest BCUT2D eigenvalue weighted by Gasteiger charge is -2.25. The number of carboxylic acids is 1. The predicted octanol–water partition coefficient (Wildman–Crippen LogP) is 2.32. The second-order valence-electron chi connectivity index (χ2n) is 5.14. The summed E-state index contributed by atoms with van der Waals surface area (Å²) >= 11 is 0. The van der Waals surface area contributed by atoms with E-state index in [1.165, 1.54) is 32.4 Å². The van der Waals surface area contributed by atoms with Crippen molar-refractivity contribution in [3.63, 3.8) is 0 Å². The van der Waals surface area contributed by atoms with Crippen LogP contribution < -0.4 is 10.1 Å². The highest BCUT2D eigenvalue weighted by Gasteiger charge is 2.18. The van der Waals surface area contributed by atoms with Crippen molar-refractivity contribution >= 4 is 18.0 Å². The lowest BCUT2D eigenvalue weighted by Crippen LogP contribution is -2.32. The number of rotatable bonds is 6. The number of ether oxygens (including phenoxy) is 1. The molecule has 0 saturated heterocycles. The molecule has 2 N–H and O–H groups in total. The molecule has 0 spiro atoms. The molecule has 0 bridgehead atoms. The third kappa shape index (κ3) is 4.08. The van der Waals surface area contributed by atoms with Gasteiger partial charge < -0.3 is 15.2 Å². The molecule has 0 aliphatic heterocycles. The summed E-state index contributed by atoms with van der Waals surface area (Å²) in [5, 5.41) is 11.6. The van der Waals surface area contributed by atoms with Crippen molar-refractivity contribution in [3.05, 3.63) is 35.4 Å². The molecule has 2 rings (SSSR count). The molecule has 1 fully saturated rings. The second-order valence-corrected chi connectivity index (χ2v) is 5.14. The van der Waals surface area contributed by atoms with Crippen molar-refractivity contribution < 1.29 is 19.4 Å². The summed E-state index contributed by atoms with van der Waals surface area (Å²) in [7, 11) is 1.50. The second kappa shape index (κ2) is 6.92. The molecule has 112 valence electrons. The summed E-state index contributed by atoms with van der Waals surface area (Å²) in [4.78, 5) is 22.7. The van der Waals surface area contributed by atoms with E-state index in [0.717, 1.165) is 6.08 Å². The molecule has 1 aromatic carbocycles. The Hall–Kier alpha value is -2.30. The Balaban J connectivity index is 2.09. The first-order valence-corrected chi connectivity index (χ1v) is 6.97. The highest BCUT2D eigenvalue weighted by atomic mass is 16.5. The van der Waals surface area contributed by atoms with Crippen LogP contribution in [0, 0.1) is 5.92 Å². The van der Waals surface area contributed by atoms with Crippen LogP contribution in [0.3, 0.4) is 0 Å².